The Morgan fingerprint density at radius 2 is 1.91 bits per heavy atom. The van der Waals surface area contributed by atoms with Gasteiger partial charge in [0.05, 0.1) is 11.3 Å². The molecule has 0 radical (unpaired) electrons. The molecule has 0 N–H and O–H groups in total. The third-order valence-electron chi connectivity index (χ3n) is 4.86. The van der Waals surface area contributed by atoms with Crippen molar-refractivity contribution in [3.05, 3.63) is 64.1 Å². The van der Waals surface area contributed by atoms with E-state index in [1.54, 1.807) is 19.1 Å². The smallest absolute Gasteiger partial charge is 0.317 e. The van der Waals surface area contributed by atoms with E-state index in [1.165, 1.54) is 40.8 Å². The van der Waals surface area contributed by atoms with Crippen LogP contribution in [0.1, 0.15) is 42.3 Å². The Morgan fingerprint density at radius 3 is 2.44 bits per heavy atom. The number of alkyl halides is 3. The minimum atomic E-state index is -4.58. The van der Waals surface area contributed by atoms with E-state index in [-0.39, 0.29) is 11.6 Å². The van der Waals surface area contributed by atoms with Gasteiger partial charge in [-0.2, -0.15) is 18.4 Å². The van der Waals surface area contributed by atoms with Crippen LogP contribution in [0, 0.1) is 18.3 Å². The Labute approximate surface area is 183 Å². The number of nitrogens with zero attached hydrogens (tertiary/aromatic N) is 5. The molecule has 0 bridgehead atoms. The Bertz CT molecular complexity index is 1340. The molecule has 32 heavy (non-hydrogen) atoms. The molecule has 0 unspecified atom stereocenters. The molecule has 7 nitrogen and oxygen atoms in total. The van der Waals surface area contributed by atoms with Crippen LogP contribution < -0.4 is 0 Å². The fourth-order valence-corrected chi connectivity index (χ4v) is 4.32. The van der Waals surface area contributed by atoms with Gasteiger partial charge in [0, 0.05) is 18.4 Å². The molecule has 0 aliphatic rings. The quantitative estimate of drug-likeness (QED) is 0.523. The van der Waals surface area contributed by atoms with Crippen molar-refractivity contribution >= 4 is 15.9 Å². The Hall–Kier alpha value is -3.39. The number of hydrogen-bond donors (Lipinski definition) is 0. The number of hydrogen-bond acceptors (Lipinski definition) is 5. The molecule has 0 saturated heterocycles. The van der Waals surface area contributed by atoms with Gasteiger partial charge in [0.25, 0.3) is 15.0 Å². The average Bonchev–Trinajstić information content (AvgIpc) is 3.29. The van der Waals surface area contributed by atoms with Crippen molar-refractivity contribution in [2.75, 3.05) is 0 Å². The number of sulfone groups is 1. The third kappa shape index (κ3) is 4.18. The first kappa shape index (κ1) is 23.3. The van der Waals surface area contributed by atoms with Crippen molar-refractivity contribution in [3.8, 4) is 11.8 Å². The summed E-state index contributed by atoms with van der Waals surface area (Å²) in [5.74, 6) is -0.184. The lowest BCUT2D eigenvalue weighted by molar-refractivity contribution is -0.137. The number of para-hydroxylation sites is 1. The molecule has 2 aromatic heterocycles. The summed E-state index contributed by atoms with van der Waals surface area (Å²) in [7, 11) is -2.81. The summed E-state index contributed by atoms with van der Waals surface area (Å²) in [5, 5.41) is 12.7. The molecule has 0 saturated carbocycles. The minimum Gasteiger partial charge on any atom is -0.317 e. The molecule has 0 spiro atoms. The zero-order chi connectivity index (χ0) is 23.8. The number of rotatable bonds is 5. The van der Waals surface area contributed by atoms with Gasteiger partial charge in [-0.15, -0.1) is 5.10 Å². The lowest BCUT2D eigenvalue weighted by atomic mass is 10.1. The van der Waals surface area contributed by atoms with Crippen LogP contribution in [-0.2, 0) is 23.1 Å². The van der Waals surface area contributed by atoms with E-state index in [2.05, 4.69) is 10.1 Å². The molecule has 0 fully saturated rings. The van der Waals surface area contributed by atoms with Crippen LogP contribution in [0.15, 0.2) is 46.7 Å². The van der Waals surface area contributed by atoms with Gasteiger partial charge < -0.3 is 4.57 Å². The summed E-state index contributed by atoms with van der Waals surface area (Å²) in [5.41, 5.74) is 0.315. The fourth-order valence-electron chi connectivity index (χ4n) is 3.30. The lowest BCUT2D eigenvalue weighted by Gasteiger charge is -2.19. The van der Waals surface area contributed by atoms with Crippen LogP contribution >= 0.6 is 0 Å². The summed E-state index contributed by atoms with van der Waals surface area (Å²) in [6.45, 7) is 5.20. The van der Waals surface area contributed by atoms with Crippen LogP contribution in [0.25, 0.3) is 11.8 Å². The number of halogens is 3. The first-order valence-corrected chi connectivity index (χ1v) is 11.0. The summed E-state index contributed by atoms with van der Waals surface area (Å²) < 4.78 is 69.2. The lowest BCUT2D eigenvalue weighted by Crippen LogP contribution is -2.13. The maximum Gasteiger partial charge on any atom is 0.418 e. The molecular weight excluding hydrogens is 443 g/mol. The summed E-state index contributed by atoms with van der Waals surface area (Å²) >= 11 is 0. The van der Waals surface area contributed by atoms with Crippen LogP contribution in [0.3, 0.4) is 0 Å². The van der Waals surface area contributed by atoms with Gasteiger partial charge >= 0.3 is 6.18 Å². The van der Waals surface area contributed by atoms with E-state index >= 15 is 0 Å². The third-order valence-corrected chi connectivity index (χ3v) is 6.32. The van der Waals surface area contributed by atoms with Gasteiger partial charge in [-0.3, -0.25) is 4.68 Å². The number of aromatic nitrogens is 4. The van der Waals surface area contributed by atoms with Crippen LogP contribution in [0.4, 0.5) is 13.2 Å². The molecule has 3 aromatic rings. The van der Waals surface area contributed by atoms with Crippen molar-refractivity contribution in [2.24, 2.45) is 7.05 Å². The molecule has 0 atom stereocenters. The number of benzene rings is 1. The van der Waals surface area contributed by atoms with Gasteiger partial charge in [-0.1, -0.05) is 26.0 Å². The molecule has 2 heterocycles. The first-order chi connectivity index (χ1) is 14.9. The number of nitriles is 1. The highest BCUT2D eigenvalue weighted by atomic mass is 32.2. The summed E-state index contributed by atoms with van der Waals surface area (Å²) in [4.78, 5) is 3.09. The zero-order valence-corrected chi connectivity index (χ0v) is 18.5. The maximum absolute atomic E-state index is 13.7. The molecule has 168 valence electrons. The monoisotopic (exact) mass is 463 g/mol. The van der Waals surface area contributed by atoms with Gasteiger partial charge in [-0.25, -0.2) is 13.4 Å². The van der Waals surface area contributed by atoms with Crippen molar-refractivity contribution in [3.63, 3.8) is 0 Å². The van der Waals surface area contributed by atoms with Crippen molar-refractivity contribution in [1.29, 1.82) is 5.26 Å². The highest BCUT2D eigenvalue weighted by molar-refractivity contribution is 7.95. The molecule has 1 aromatic carbocycles. The van der Waals surface area contributed by atoms with E-state index in [9.17, 15) is 26.9 Å². The average molecular weight is 463 g/mol. The van der Waals surface area contributed by atoms with Crippen LogP contribution in [0.5, 0.6) is 0 Å². The normalized spacial score (nSPS) is 12.9. The second kappa shape index (κ2) is 8.27. The van der Waals surface area contributed by atoms with Crippen LogP contribution in [-0.4, -0.2) is 27.7 Å². The molecular formula is C21H20F3N5O2S. The molecule has 0 aliphatic heterocycles. The largest absolute Gasteiger partial charge is 0.418 e. The summed E-state index contributed by atoms with van der Waals surface area (Å²) in [6, 6.07) is 8.40. The van der Waals surface area contributed by atoms with Gasteiger partial charge in [0.2, 0.25) is 0 Å². The van der Waals surface area contributed by atoms with E-state index < -0.39 is 31.6 Å². The molecule has 0 aliphatic carbocycles. The van der Waals surface area contributed by atoms with Crippen LogP contribution in [0.2, 0.25) is 0 Å². The van der Waals surface area contributed by atoms with Gasteiger partial charge in [0.1, 0.15) is 12.4 Å². The van der Waals surface area contributed by atoms with Crippen molar-refractivity contribution < 1.29 is 21.6 Å². The predicted octanol–water partition coefficient (Wildman–Crippen LogP) is 4.39. The predicted molar refractivity (Wildman–Crippen MR) is 111 cm³/mol. The van der Waals surface area contributed by atoms with Crippen molar-refractivity contribution in [2.45, 2.75) is 38.0 Å². The summed E-state index contributed by atoms with van der Waals surface area (Å²) in [6.07, 6.45) is -2.25. The SMILES string of the molecule is Cc1c(/C=C(\C#N)S(=O)(=O)c2ncn(C)n2)cc(C(C)C)n1-c1ccccc1C(F)(F)F. The highest BCUT2D eigenvalue weighted by Gasteiger charge is 2.35. The van der Waals surface area contributed by atoms with E-state index in [1.807, 2.05) is 13.8 Å². The number of allylic oxidation sites excluding steroid dienone is 1. The Kier molecular flexibility index (Phi) is 6.02. The maximum atomic E-state index is 13.7. The zero-order valence-electron chi connectivity index (χ0n) is 17.7. The fraction of sp³-hybridized carbons (Fsp3) is 0.286. The van der Waals surface area contributed by atoms with Gasteiger partial charge in [0.15, 0.2) is 4.91 Å². The number of aryl methyl sites for hydroxylation is 1. The van der Waals surface area contributed by atoms with E-state index in [4.69, 9.17) is 0 Å². The first-order valence-electron chi connectivity index (χ1n) is 9.49. The molecule has 0 amide bonds. The van der Waals surface area contributed by atoms with E-state index in [0.29, 0.717) is 17.0 Å². The van der Waals surface area contributed by atoms with E-state index in [0.717, 1.165) is 12.1 Å². The van der Waals surface area contributed by atoms with Crippen molar-refractivity contribution in [1.82, 2.24) is 19.3 Å². The second-order valence-corrected chi connectivity index (χ2v) is 9.25. The molecule has 3 rings (SSSR count). The standard InChI is InChI=1S/C21H20F3N5O2S/c1-13(2)19-10-15(9-16(11-25)32(30,31)20-26-12-28(4)27-20)14(3)29(19)18-8-6-5-7-17(18)21(22,23)24/h5-10,12-13H,1-4H3/b16-9+. The minimum absolute atomic E-state index is 0.0754. The second-order valence-electron chi connectivity index (χ2n) is 7.44. The highest BCUT2D eigenvalue weighted by Crippen LogP contribution is 2.37. The Balaban J connectivity index is 2.25. The molecule has 11 heteroatoms. The Morgan fingerprint density at radius 1 is 1.25 bits per heavy atom. The van der Waals surface area contributed by atoms with Gasteiger partial charge in [-0.05, 0) is 42.7 Å². The topological polar surface area (TPSA) is 93.6 Å².